The van der Waals surface area contributed by atoms with Gasteiger partial charge in [0.25, 0.3) is 0 Å². The van der Waals surface area contributed by atoms with Gasteiger partial charge < -0.3 is 10.1 Å². The topological polar surface area (TPSA) is 39.1 Å². The molecule has 0 fully saturated rings. The number of rotatable bonds is 4. The molecular formula is C15H20BrN3O. The summed E-state index contributed by atoms with van der Waals surface area (Å²) in [7, 11) is 5.59. The largest absolute Gasteiger partial charge is 0.496 e. The third-order valence-electron chi connectivity index (χ3n) is 3.61. The first-order chi connectivity index (χ1) is 9.51. The van der Waals surface area contributed by atoms with Crippen LogP contribution in [0, 0.1) is 13.8 Å². The maximum Gasteiger partial charge on any atom is 0.122 e. The fourth-order valence-corrected chi connectivity index (χ4v) is 3.09. The summed E-state index contributed by atoms with van der Waals surface area (Å²) in [5.74, 6) is 0.917. The van der Waals surface area contributed by atoms with Crippen LogP contribution in [0.3, 0.4) is 0 Å². The quantitative estimate of drug-likeness (QED) is 0.931. The number of nitrogens with one attached hydrogen (secondary N) is 1. The molecule has 0 aliphatic carbocycles. The highest BCUT2D eigenvalue weighted by Gasteiger charge is 2.18. The molecule has 1 N–H and O–H groups in total. The third kappa shape index (κ3) is 2.47. The molecule has 5 heteroatoms. The van der Waals surface area contributed by atoms with E-state index >= 15 is 0 Å². The molecule has 0 radical (unpaired) electrons. The van der Waals surface area contributed by atoms with Gasteiger partial charge in [-0.05, 0) is 60.1 Å². The zero-order valence-corrected chi connectivity index (χ0v) is 14.1. The van der Waals surface area contributed by atoms with Crippen molar-refractivity contribution in [1.82, 2.24) is 15.1 Å². The summed E-state index contributed by atoms with van der Waals surface area (Å²) < 4.78 is 8.34. The van der Waals surface area contributed by atoms with Crippen LogP contribution in [0.2, 0.25) is 0 Å². The number of methoxy groups -OCH3 is 1. The van der Waals surface area contributed by atoms with Gasteiger partial charge in [-0.15, -0.1) is 0 Å². The molecule has 2 rings (SSSR count). The fourth-order valence-electron chi connectivity index (χ4n) is 2.40. The zero-order chi connectivity index (χ0) is 14.9. The minimum atomic E-state index is 0.739. The summed E-state index contributed by atoms with van der Waals surface area (Å²) in [4.78, 5) is 0. The van der Waals surface area contributed by atoms with Crippen LogP contribution in [-0.2, 0) is 13.6 Å². The van der Waals surface area contributed by atoms with Crippen molar-refractivity contribution in [2.75, 3.05) is 14.2 Å². The van der Waals surface area contributed by atoms with Crippen molar-refractivity contribution in [3.05, 3.63) is 33.4 Å². The Balaban J connectivity index is 2.60. The summed E-state index contributed by atoms with van der Waals surface area (Å²) in [6.07, 6.45) is 0. The Kier molecular flexibility index (Phi) is 4.50. The summed E-state index contributed by atoms with van der Waals surface area (Å²) in [5.41, 5.74) is 5.65. The highest BCUT2D eigenvalue weighted by atomic mass is 79.9. The van der Waals surface area contributed by atoms with Crippen LogP contribution in [-0.4, -0.2) is 23.9 Å². The first-order valence-electron chi connectivity index (χ1n) is 6.51. The maximum atomic E-state index is 5.38. The predicted molar refractivity (Wildman–Crippen MR) is 85.1 cm³/mol. The van der Waals surface area contributed by atoms with Gasteiger partial charge in [-0.25, -0.2) is 0 Å². The standard InChI is InChI=1S/C15H20BrN3O/c1-9-10(2)13(20-5)7-6-11(9)15-14(16)12(8-17-3)18-19(15)4/h6-7,17H,8H2,1-5H3. The van der Waals surface area contributed by atoms with E-state index in [2.05, 4.69) is 46.3 Å². The van der Waals surface area contributed by atoms with Gasteiger partial charge in [0.2, 0.25) is 0 Å². The van der Waals surface area contributed by atoms with Crippen LogP contribution in [0.25, 0.3) is 11.3 Å². The van der Waals surface area contributed by atoms with E-state index in [9.17, 15) is 0 Å². The number of nitrogens with zero attached hydrogens (tertiary/aromatic N) is 2. The number of halogens is 1. The Labute approximate surface area is 128 Å². The van der Waals surface area contributed by atoms with Crippen LogP contribution < -0.4 is 10.1 Å². The lowest BCUT2D eigenvalue weighted by atomic mass is 9.99. The Morgan fingerprint density at radius 1 is 1.30 bits per heavy atom. The lowest BCUT2D eigenvalue weighted by Gasteiger charge is -2.13. The van der Waals surface area contributed by atoms with Gasteiger partial charge in [-0.1, -0.05) is 0 Å². The van der Waals surface area contributed by atoms with Gasteiger partial charge >= 0.3 is 0 Å². The molecular weight excluding hydrogens is 318 g/mol. The SMILES string of the molecule is CNCc1nn(C)c(-c2ccc(OC)c(C)c2C)c1Br. The first-order valence-corrected chi connectivity index (χ1v) is 7.31. The second-order valence-electron chi connectivity index (χ2n) is 4.83. The monoisotopic (exact) mass is 337 g/mol. The second-order valence-corrected chi connectivity index (χ2v) is 5.62. The fraction of sp³-hybridized carbons (Fsp3) is 0.400. The summed E-state index contributed by atoms with van der Waals surface area (Å²) in [6.45, 7) is 4.93. The average molecular weight is 338 g/mol. The molecule has 0 amide bonds. The van der Waals surface area contributed by atoms with E-state index < -0.39 is 0 Å². The molecule has 1 heterocycles. The molecule has 1 aromatic heterocycles. The molecule has 108 valence electrons. The van der Waals surface area contributed by atoms with Crippen LogP contribution in [0.4, 0.5) is 0 Å². The molecule has 0 atom stereocenters. The lowest BCUT2D eigenvalue weighted by molar-refractivity contribution is 0.411. The van der Waals surface area contributed by atoms with Crippen LogP contribution in [0.1, 0.15) is 16.8 Å². The minimum Gasteiger partial charge on any atom is -0.496 e. The van der Waals surface area contributed by atoms with Crippen molar-refractivity contribution in [1.29, 1.82) is 0 Å². The van der Waals surface area contributed by atoms with E-state index in [1.807, 2.05) is 24.8 Å². The number of aryl methyl sites for hydroxylation is 1. The highest BCUT2D eigenvalue weighted by Crippen LogP contribution is 2.36. The van der Waals surface area contributed by atoms with E-state index in [4.69, 9.17) is 4.74 Å². The van der Waals surface area contributed by atoms with Gasteiger partial charge in [-0.3, -0.25) is 4.68 Å². The van der Waals surface area contributed by atoms with Crippen molar-refractivity contribution in [3.63, 3.8) is 0 Å². The summed E-state index contributed by atoms with van der Waals surface area (Å²) >= 11 is 3.68. The minimum absolute atomic E-state index is 0.739. The lowest BCUT2D eigenvalue weighted by Crippen LogP contribution is -2.06. The average Bonchev–Trinajstić information content (AvgIpc) is 2.69. The van der Waals surface area contributed by atoms with Crippen LogP contribution >= 0.6 is 15.9 Å². The number of benzene rings is 1. The Morgan fingerprint density at radius 3 is 2.60 bits per heavy atom. The third-order valence-corrected chi connectivity index (χ3v) is 4.45. The smallest absolute Gasteiger partial charge is 0.122 e. The molecule has 0 unspecified atom stereocenters. The summed E-state index contributed by atoms with van der Waals surface area (Å²) in [6, 6.07) is 4.10. The normalized spacial score (nSPS) is 10.9. The van der Waals surface area contributed by atoms with Crippen molar-refractivity contribution in [2.24, 2.45) is 7.05 Å². The highest BCUT2D eigenvalue weighted by molar-refractivity contribution is 9.10. The van der Waals surface area contributed by atoms with Gasteiger partial charge in [0.1, 0.15) is 5.75 Å². The first kappa shape index (κ1) is 15.1. The molecule has 2 aromatic rings. The van der Waals surface area contributed by atoms with Crippen molar-refractivity contribution >= 4 is 15.9 Å². The molecule has 1 aromatic carbocycles. The van der Waals surface area contributed by atoms with Gasteiger partial charge in [0.05, 0.1) is 23.0 Å². The Hall–Kier alpha value is -1.33. The number of hydrogen-bond donors (Lipinski definition) is 1. The Bertz CT molecular complexity index is 635. The molecule has 4 nitrogen and oxygen atoms in total. The van der Waals surface area contributed by atoms with Crippen molar-refractivity contribution in [2.45, 2.75) is 20.4 Å². The van der Waals surface area contributed by atoms with Crippen LogP contribution in [0.15, 0.2) is 16.6 Å². The molecule has 0 saturated heterocycles. The molecule has 0 spiro atoms. The second kappa shape index (κ2) is 5.97. The number of hydrogen-bond acceptors (Lipinski definition) is 3. The predicted octanol–water partition coefficient (Wildman–Crippen LogP) is 3.19. The maximum absolute atomic E-state index is 5.38. The zero-order valence-electron chi connectivity index (χ0n) is 12.5. The van der Waals surface area contributed by atoms with E-state index in [-0.39, 0.29) is 0 Å². The van der Waals surface area contributed by atoms with E-state index in [0.29, 0.717) is 0 Å². The van der Waals surface area contributed by atoms with Gasteiger partial charge in [0.15, 0.2) is 0 Å². The van der Waals surface area contributed by atoms with E-state index in [1.165, 1.54) is 11.1 Å². The molecule has 0 bridgehead atoms. The van der Waals surface area contributed by atoms with Crippen LogP contribution in [0.5, 0.6) is 5.75 Å². The van der Waals surface area contributed by atoms with E-state index in [0.717, 1.165) is 33.7 Å². The Morgan fingerprint density at radius 2 is 2.00 bits per heavy atom. The molecule has 0 saturated carbocycles. The molecule has 0 aliphatic heterocycles. The molecule has 20 heavy (non-hydrogen) atoms. The summed E-state index contributed by atoms with van der Waals surface area (Å²) in [5, 5.41) is 7.70. The molecule has 0 aliphatic rings. The number of aromatic nitrogens is 2. The van der Waals surface area contributed by atoms with Crippen molar-refractivity contribution < 1.29 is 4.74 Å². The number of ether oxygens (including phenoxy) is 1. The van der Waals surface area contributed by atoms with Gasteiger partial charge in [-0.2, -0.15) is 5.10 Å². The van der Waals surface area contributed by atoms with E-state index in [1.54, 1.807) is 7.11 Å². The van der Waals surface area contributed by atoms with Crippen molar-refractivity contribution in [3.8, 4) is 17.0 Å². The van der Waals surface area contributed by atoms with Gasteiger partial charge in [0, 0.05) is 19.2 Å².